The Morgan fingerprint density at radius 1 is 1.19 bits per heavy atom. The maximum absolute atomic E-state index is 14.0. The van der Waals surface area contributed by atoms with Gasteiger partial charge < -0.3 is 20.2 Å². The number of phenolic OH excluding ortho intramolecular Hbond substituents is 1. The molecule has 0 amide bonds. The second kappa shape index (κ2) is 8.51. The first-order valence-electron chi connectivity index (χ1n) is 8.50. The van der Waals surface area contributed by atoms with E-state index in [0.29, 0.717) is 17.2 Å². The van der Waals surface area contributed by atoms with Crippen molar-refractivity contribution in [3.05, 3.63) is 58.3 Å². The predicted molar refractivity (Wildman–Crippen MR) is 106 cm³/mol. The van der Waals surface area contributed by atoms with Gasteiger partial charge in [-0.2, -0.15) is 0 Å². The van der Waals surface area contributed by atoms with Gasteiger partial charge in [-0.05, 0) is 37.4 Å². The number of hydrogen-bond donors (Lipinski definition) is 2. The third kappa shape index (κ3) is 4.74. The van der Waals surface area contributed by atoms with E-state index in [0.717, 1.165) is 30.7 Å². The van der Waals surface area contributed by atoms with E-state index in [1.165, 1.54) is 6.07 Å². The van der Waals surface area contributed by atoms with Gasteiger partial charge >= 0.3 is 0 Å². The minimum Gasteiger partial charge on any atom is -0.506 e. The van der Waals surface area contributed by atoms with Crippen molar-refractivity contribution in [2.75, 3.05) is 38.5 Å². The molecule has 1 saturated heterocycles. The molecule has 0 bridgehead atoms. The van der Waals surface area contributed by atoms with Crippen LogP contribution in [0.2, 0.25) is 0 Å². The second-order valence-electron chi connectivity index (χ2n) is 6.31. The smallest absolute Gasteiger partial charge is 0.198 e. The Kier molecular flexibility index (Phi) is 6.11. The molecule has 138 valence electrons. The summed E-state index contributed by atoms with van der Waals surface area (Å²) in [6.07, 6.45) is 0. The van der Waals surface area contributed by atoms with Gasteiger partial charge in [-0.15, -0.1) is 0 Å². The predicted octanol–water partition coefficient (Wildman–Crippen LogP) is 3.51. The molecule has 2 aromatic carbocycles. The van der Waals surface area contributed by atoms with Crippen LogP contribution in [0.3, 0.4) is 0 Å². The lowest BCUT2D eigenvalue weighted by Crippen LogP contribution is -2.49. The summed E-state index contributed by atoms with van der Waals surface area (Å²) in [7, 11) is 2.08. The van der Waals surface area contributed by atoms with Gasteiger partial charge in [0.05, 0.1) is 12.2 Å². The fraction of sp³-hybridized carbons (Fsp3) is 0.316. The summed E-state index contributed by atoms with van der Waals surface area (Å²) < 4.78 is 14.9. The van der Waals surface area contributed by atoms with Crippen molar-refractivity contribution in [3.8, 4) is 5.75 Å². The number of para-hydroxylation sites is 2. The third-order valence-electron chi connectivity index (χ3n) is 4.36. The monoisotopic (exact) mass is 420 g/mol. The molecule has 0 radical (unpaired) electrons. The van der Waals surface area contributed by atoms with Crippen molar-refractivity contribution in [1.29, 1.82) is 0 Å². The number of rotatable bonds is 3. The number of halogens is 2. The van der Waals surface area contributed by atoms with Gasteiger partial charge in [0.2, 0.25) is 0 Å². The molecule has 0 saturated carbocycles. The molecule has 2 N–H and O–H groups in total. The van der Waals surface area contributed by atoms with Crippen molar-refractivity contribution < 1.29 is 9.50 Å². The summed E-state index contributed by atoms with van der Waals surface area (Å²) in [5.74, 6) is 0.513. The lowest BCUT2D eigenvalue weighted by Gasteiger charge is -2.34. The van der Waals surface area contributed by atoms with E-state index >= 15 is 0 Å². The van der Waals surface area contributed by atoms with Crippen LogP contribution in [0.15, 0.2) is 51.9 Å². The lowest BCUT2D eigenvalue weighted by atomic mass is 10.2. The number of piperazine rings is 1. The van der Waals surface area contributed by atoms with Gasteiger partial charge in [-0.1, -0.05) is 28.1 Å². The van der Waals surface area contributed by atoms with Crippen LogP contribution in [0, 0.1) is 5.82 Å². The van der Waals surface area contributed by atoms with Crippen LogP contribution in [0.4, 0.5) is 10.1 Å². The van der Waals surface area contributed by atoms with Gasteiger partial charge in [0.1, 0.15) is 11.6 Å². The highest BCUT2D eigenvalue weighted by Crippen LogP contribution is 2.22. The third-order valence-corrected chi connectivity index (χ3v) is 4.85. The van der Waals surface area contributed by atoms with Crippen molar-refractivity contribution >= 4 is 27.6 Å². The minimum absolute atomic E-state index is 0.156. The van der Waals surface area contributed by atoms with Crippen LogP contribution < -0.4 is 5.32 Å². The first-order valence-corrected chi connectivity index (χ1v) is 9.29. The van der Waals surface area contributed by atoms with Crippen LogP contribution in [0.5, 0.6) is 5.75 Å². The van der Waals surface area contributed by atoms with Gasteiger partial charge in [0.15, 0.2) is 5.96 Å². The Balaban J connectivity index is 1.84. The van der Waals surface area contributed by atoms with Crippen LogP contribution >= 0.6 is 15.9 Å². The molecule has 2 aromatic rings. The Morgan fingerprint density at radius 3 is 2.65 bits per heavy atom. The summed E-state index contributed by atoms with van der Waals surface area (Å²) in [5, 5.41) is 13.3. The first-order chi connectivity index (χ1) is 12.5. The van der Waals surface area contributed by atoms with Crippen LogP contribution in [-0.4, -0.2) is 54.1 Å². The Labute approximate surface area is 161 Å². The second-order valence-corrected chi connectivity index (χ2v) is 7.22. The number of nitrogens with zero attached hydrogens (tertiary/aromatic N) is 3. The number of aliphatic imine (C=N–C) groups is 1. The molecule has 0 spiro atoms. The molecule has 1 aliphatic heterocycles. The summed E-state index contributed by atoms with van der Waals surface area (Å²) in [4.78, 5) is 9.00. The highest BCUT2D eigenvalue weighted by molar-refractivity contribution is 9.10. The molecule has 0 aromatic heterocycles. The molecule has 0 aliphatic carbocycles. The summed E-state index contributed by atoms with van der Waals surface area (Å²) in [5.41, 5.74) is 1.10. The van der Waals surface area contributed by atoms with E-state index < -0.39 is 0 Å². The lowest BCUT2D eigenvalue weighted by molar-refractivity contribution is 0.215. The minimum atomic E-state index is -0.280. The van der Waals surface area contributed by atoms with E-state index in [4.69, 9.17) is 0 Å². The number of aromatic hydroxyl groups is 1. The van der Waals surface area contributed by atoms with E-state index in [9.17, 15) is 9.50 Å². The van der Waals surface area contributed by atoms with Gasteiger partial charge in [-0.3, -0.25) is 0 Å². The van der Waals surface area contributed by atoms with Crippen molar-refractivity contribution in [1.82, 2.24) is 9.80 Å². The average molecular weight is 421 g/mol. The molecule has 5 nitrogen and oxygen atoms in total. The van der Waals surface area contributed by atoms with E-state index in [1.54, 1.807) is 30.3 Å². The first kappa shape index (κ1) is 18.7. The quantitative estimate of drug-likeness (QED) is 0.453. The number of benzene rings is 2. The van der Waals surface area contributed by atoms with Crippen LogP contribution in [0.1, 0.15) is 5.56 Å². The van der Waals surface area contributed by atoms with E-state index in [2.05, 4.69) is 43.1 Å². The molecule has 1 fully saturated rings. The number of likely N-dealkylation sites (N-methyl/N-ethyl adjacent to an activating group) is 1. The fourth-order valence-electron chi connectivity index (χ4n) is 2.76. The SMILES string of the molecule is CN1CCN(C(=NCc2cc(Br)ccc2F)Nc2ccccc2O)CC1. The number of nitrogens with one attached hydrogen (secondary N) is 1. The normalized spacial score (nSPS) is 16.0. The zero-order chi connectivity index (χ0) is 18.5. The maximum Gasteiger partial charge on any atom is 0.198 e. The largest absolute Gasteiger partial charge is 0.506 e. The molecular weight excluding hydrogens is 399 g/mol. The highest BCUT2D eigenvalue weighted by atomic mass is 79.9. The summed E-state index contributed by atoms with van der Waals surface area (Å²) in [6, 6.07) is 11.9. The topological polar surface area (TPSA) is 51.1 Å². The molecule has 3 rings (SSSR count). The molecule has 26 heavy (non-hydrogen) atoms. The zero-order valence-electron chi connectivity index (χ0n) is 14.6. The molecule has 0 atom stereocenters. The summed E-state index contributed by atoms with van der Waals surface area (Å²) in [6.45, 7) is 3.70. The zero-order valence-corrected chi connectivity index (χ0v) is 16.2. The van der Waals surface area contributed by atoms with Crippen molar-refractivity contribution in [2.45, 2.75) is 6.54 Å². The van der Waals surface area contributed by atoms with Crippen molar-refractivity contribution in [2.24, 2.45) is 4.99 Å². The number of hydrogen-bond acceptors (Lipinski definition) is 3. The fourth-order valence-corrected chi connectivity index (χ4v) is 3.17. The average Bonchev–Trinajstić information content (AvgIpc) is 2.63. The van der Waals surface area contributed by atoms with Crippen LogP contribution in [0.25, 0.3) is 0 Å². The highest BCUT2D eigenvalue weighted by Gasteiger charge is 2.18. The molecular formula is C19H22BrFN4O. The molecule has 0 unspecified atom stereocenters. The van der Waals surface area contributed by atoms with Crippen molar-refractivity contribution in [3.63, 3.8) is 0 Å². The Morgan fingerprint density at radius 2 is 1.92 bits per heavy atom. The standard InChI is InChI=1S/C19H22BrFN4O/c1-24-8-10-25(11-9-24)19(23-17-4-2-3-5-18(17)26)22-13-14-12-15(20)6-7-16(14)21/h2-7,12,26H,8-11,13H2,1H3,(H,22,23). The molecule has 7 heteroatoms. The number of anilines is 1. The van der Waals surface area contributed by atoms with Gasteiger partial charge in [0.25, 0.3) is 0 Å². The molecule has 1 aliphatic rings. The summed E-state index contributed by atoms with van der Waals surface area (Å²) >= 11 is 3.37. The molecule has 1 heterocycles. The number of guanidine groups is 1. The Bertz CT molecular complexity index is 791. The van der Waals surface area contributed by atoms with Crippen LogP contribution in [-0.2, 0) is 6.54 Å². The van der Waals surface area contributed by atoms with E-state index in [1.807, 2.05) is 6.07 Å². The Hall–Kier alpha value is -2.12. The van der Waals surface area contributed by atoms with Gasteiger partial charge in [-0.25, -0.2) is 9.38 Å². The van der Waals surface area contributed by atoms with E-state index in [-0.39, 0.29) is 18.1 Å². The maximum atomic E-state index is 14.0. The number of phenols is 1. The van der Waals surface area contributed by atoms with Gasteiger partial charge in [0, 0.05) is 36.2 Å².